The van der Waals surface area contributed by atoms with Gasteiger partial charge in [-0.15, -0.1) is 0 Å². The van der Waals surface area contributed by atoms with Gasteiger partial charge in [-0.2, -0.15) is 5.10 Å². The van der Waals surface area contributed by atoms with Crippen LogP contribution in [0.3, 0.4) is 0 Å². The fourth-order valence-corrected chi connectivity index (χ4v) is 3.96. The van der Waals surface area contributed by atoms with Gasteiger partial charge in [-0.25, -0.2) is 9.50 Å². The Morgan fingerprint density at radius 2 is 1.72 bits per heavy atom. The number of aliphatic carboxylic acids is 1. The lowest BCUT2D eigenvalue weighted by Gasteiger charge is -2.29. The van der Waals surface area contributed by atoms with E-state index in [9.17, 15) is 9.90 Å². The second kappa shape index (κ2) is 7.29. The van der Waals surface area contributed by atoms with Crippen LogP contribution in [0.4, 0.5) is 0 Å². The Labute approximate surface area is 172 Å². The maximum Gasteiger partial charge on any atom is 0.313 e. The van der Waals surface area contributed by atoms with Gasteiger partial charge in [0.15, 0.2) is 5.65 Å². The van der Waals surface area contributed by atoms with Crippen molar-refractivity contribution in [2.45, 2.75) is 72.1 Å². The normalized spacial score (nSPS) is 14.2. The molecular weight excluding hydrogens is 362 g/mol. The molecule has 3 aromatic rings. The van der Waals surface area contributed by atoms with Gasteiger partial charge in [-0.3, -0.25) is 4.79 Å². The van der Waals surface area contributed by atoms with Crippen LogP contribution >= 0.6 is 0 Å². The van der Waals surface area contributed by atoms with Crippen LogP contribution in [-0.2, 0) is 15.6 Å². The van der Waals surface area contributed by atoms with Crippen molar-refractivity contribution in [1.82, 2.24) is 14.6 Å². The lowest BCUT2D eigenvalue weighted by molar-refractivity contribution is -0.143. The third-order valence-electron chi connectivity index (χ3n) is 5.65. The largest absolute Gasteiger partial charge is 0.481 e. The number of carbonyl (C=O) groups is 1. The second-order valence-corrected chi connectivity index (χ2v) is 9.22. The molecule has 1 aromatic carbocycles. The first-order chi connectivity index (χ1) is 13.5. The van der Waals surface area contributed by atoms with Crippen LogP contribution in [0.5, 0.6) is 0 Å². The van der Waals surface area contributed by atoms with Crippen LogP contribution in [0.1, 0.15) is 70.0 Å². The standard InChI is InChI=1S/C24H31N3O2/c1-8-13-24(7,22(28)29)20-16(3)25-19-14-18(23(4,5)6)26-27(19)21(20)17-11-9-15(2)10-12-17/h9-12,14H,8,13H2,1-7H3,(H,28,29). The van der Waals surface area contributed by atoms with E-state index in [0.29, 0.717) is 6.42 Å². The Hall–Kier alpha value is -2.69. The highest BCUT2D eigenvalue weighted by atomic mass is 16.4. The quantitative estimate of drug-likeness (QED) is 0.625. The molecule has 0 aliphatic rings. The Morgan fingerprint density at radius 3 is 2.24 bits per heavy atom. The minimum Gasteiger partial charge on any atom is -0.481 e. The molecule has 5 heteroatoms. The number of nitrogens with zero attached hydrogens (tertiary/aromatic N) is 3. The molecule has 0 aliphatic heterocycles. The van der Waals surface area contributed by atoms with E-state index in [0.717, 1.165) is 45.8 Å². The number of carboxylic acid groups (broad SMARTS) is 1. The third kappa shape index (κ3) is 3.66. The molecule has 3 rings (SSSR count). The zero-order valence-corrected chi connectivity index (χ0v) is 18.5. The van der Waals surface area contributed by atoms with Gasteiger partial charge in [0.1, 0.15) is 0 Å². The minimum absolute atomic E-state index is 0.133. The van der Waals surface area contributed by atoms with Crippen molar-refractivity contribution in [2.24, 2.45) is 0 Å². The summed E-state index contributed by atoms with van der Waals surface area (Å²) in [5.74, 6) is -0.833. The molecule has 0 aliphatic carbocycles. The van der Waals surface area contributed by atoms with E-state index in [1.54, 1.807) is 6.92 Å². The molecule has 0 spiro atoms. The van der Waals surface area contributed by atoms with Gasteiger partial charge in [-0.05, 0) is 27.2 Å². The zero-order chi connectivity index (χ0) is 21.6. The van der Waals surface area contributed by atoms with Gasteiger partial charge in [0.25, 0.3) is 0 Å². The van der Waals surface area contributed by atoms with Gasteiger partial charge < -0.3 is 5.11 Å². The fraction of sp³-hybridized carbons (Fsp3) is 0.458. The Kier molecular flexibility index (Phi) is 5.28. The summed E-state index contributed by atoms with van der Waals surface area (Å²) in [5.41, 5.74) is 4.91. The molecule has 5 nitrogen and oxygen atoms in total. The van der Waals surface area contributed by atoms with E-state index in [4.69, 9.17) is 10.1 Å². The number of aromatic nitrogens is 3. The number of hydrogen-bond donors (Lipinski definition) is 1. The van der Waals surface area contributed by atoms with Crippen LogP contribution in [0.15, 0.2) is 30.3 Å². The zero-order valence-electron chi connectivity index (χ0n) is 18.5. The van der Waals surface area contributed by atoms with E-state index in [-0.39, 0.29) is 5.41 Å². The number of fused-ring (bicyclic) bond motifs is 1. The molecule has 0 bridgehead atoms. The first-order valence-electron chi connectivity index (χ1n) is 10.2. The summed E-state index contributed by atoms with van der Waals surface area (Å²) in [6.07, 6.45) is 1.29. The van der Waals surface area contributed by atoms with Crippen LogP contribution in [0.25, 0.3) is 16.9 Å². The number of benzene rings is 1. The lowest BCUT2D eigenvalue weighted by Crippen LogP contribution is -2.35. The van der Waals surface area contributed by atoms with E-state index in [2.05, 4.69) is 20.8 Å². The maximum absolute atomic E-state index is 12.4. The summed E-state index contributed by atoms with van der Waals surface area (Å²) in [6.45, 7) is 14.1. The van der Waals surface area contributed by atoms with Gasteiger partial charge in [0.05, 0.1) is 16.8 Å². The molecule has 0 saturated carbocycles. The first kappa shape index (κ1) is 21.0. The topological polar surface area (TPSA) is 67.5 Å². The van der Waals surface area contributed by atoms with Gasteiger partial charge >= 0.3 is 5.97 Å². The van der Waals surface area contributed by atoms with Crippen molar-refractivity contribution < 1.29 is 9.90 Å². The van der Waals surface area contributed by atoms with Crippen LogP contribution in [0, 0.1) is 13.8 Å². The average molecular weight is 394 g/mol. The molecule has 0 fully saturated rings. The van der Waals surface area contributed by atoms with E-state index in [1.807, 2.05) is 55.6 Å². The first-order valence-corrected chi connectivity index (χ1v) is 10.2. The number of rotatable bonds is 5. The number of carboxylic acids is 1. The van der Waals surface area contributed by atoms with Crippen molar-refractivity contribution in [1.29, 1.82) is 0 Å². The third-order valence-corrected chi connectivity index (χ3v) is 5.65. The summed E-state index contributed by atoms with van der Waals surface area (Å²) in [4.78, 5) is 17.2. The van der Waals surface area contributed by atoms with Crippen LogP contribution in [0.2, 0.25) is 0 Å². The van der Waals surface area contributed by atoms with E-state index >= 15 is 0 Å². The number of aryl methyl sites for hydroxylation is 2. The maximum atomic E-state index is 12.4. The van der Waals surface area contributed by atoms with Crippen molar-refractivity contribution >= 4 is 11.6 Å². The second-order valence-electron chi connectivity index (χ2n) is 9.22. The monoisotopic (exact) mass is 393 g/mol. The molecule has 1 unspecified atom stereocenters. The Bertz CT molecular complexity index is 1060. The highest BCUT2D eigenvalue weighted by molar-refractivity contribution is 5.85. The lowest BCUT2D eigenvalue weighted by atomic mass is 9.76. The highest BCUT2D eigenvalue weighted by Gasteiger charge is 2.40. The Balaban J connectivity index is 2.47. The summed E-state index contributed by atoms with van der Waals surface area (Å²) >= 11 is 0. The molecule has 154 valence electrons. The smallest absolute Gasteiger partial charge is 0.313 e. The van der Waals surface area contributed by atoms with Crippen molar-refractivity contribution in [3.63, 3.8) is 0 Å². The molecule has 2 heterocycles. The Morgan fingerprint density at radius 1 is 1.10 bits per heavy atom. The SMILES string of the molecule is CCCC(C)(C(=O)O)c1c(C)nc2cc(C(C)(C)C)nn2c1-c1ccc(C)cc1. The minimum atomic E-state index is -1.05. The van der Waals surface area contributed by atoms with Crippen molar-refractivity contribution in [2.75, 3.05) is 0 Å². The molecular formula is C24H31N3O2. The molecule has 29 heavy (non-hydrogen) atoms. The summed E-state index contributed by atoms with van der Waals surface area (Å²) < 4.78 is 1.84. The predicted molar refractivity (Wildman–Crippen MR) is 116 cm³/mol. The van der Waals surface area contributed by atoms with Gasteiger partial charge in [0, 0.05) is 28.3 Å². The van der Waals surface area contributed by atoms with E-state index < -0.39 is 11.4 Å². The summed E-state index contributed by atoms with van der Waals surface area (Å²) in [5, 5.41) is 15.1. The van der Waals surface area contributed by atoms with Gasteiger partial charge in [-0.1, -0.05) is 63.9 Å². The average Bonchev–Trinajstić information content (AvgIpc) is 3.05. The summed E-state index contributed by atoms with van der Waals surface area (Å²) in [7, 11) is 0. The predicted octanol–water partition coefficient (Wildman–Crippen LogP) is 5.45. The van der Waals surface area contributed by atoms with E-state index in [1.165, 1.54) is 0 Å². The molecule has 2 aromatic heterocycles. The van der Waals surface area contributed by atoms with Gasteiger partial charge in [0.2, 0.25) is 0 Å². The highest BCUT2D eigenvalue weighted by Crippen LogP contribution is 2.39. The molecule has 0 saturated heterocycles. The molecule has 0 amide bonds. The van der Waals surface area contributed by atoms with Crippen LogP contribution in [-0.4, -0.2) is 25.7 Å². The molecule has 1 atom stereocenters. The molecule has 0 radical (unpaired) electrons. The number of hydrogen-bond acceptors (Lipinski definition) is 3. The van der Waals surface area contributed by atoms with Crippen LogP contribution < -0.4 is 0 Å². The fourth-order valence-electron chi connectivity index (χ4n) is 3.96. The summed E-state index contributed by atoms with van der Waals surface area (Å²) in [6, 6.07) is 10.2. The molecule has 1 N–H and O–H groups in total. The van der Waals surface area contributed by atoms with Crippen molar-refractivity contribution in [3.05, 3.63) is 52.8 Å². The van der Waals surface area contributed by atoms with Crippen molar-refractivity contribution in [3.8, 4) is 11.3 Å².